The quantitative estimate of drug-likeness (QED) is 0.776. The number of nitrogens with zero attached hydrogens (tertiary/aromatic N) is 4. The number of fused-ring (bicyclic) bond motifs is 1. The summed E-state index contributed by atoms with van der Waals surface area (Å²) < 4.78 is 6.70. The second kappa shape index (κ2) is 6.49. The molecule has 2 heterocycles. The van der Waals surface area contributed by atoms with Gasteiger partial charge in [-0.25, -0.2) is 4.79 Å². The van der Waals surface area contributed by atoms with Crippen molar-refractivity contribution in [3.63, 3.8) is 0 Å². The van der Waals surface area contributed by atoms with E-state index in [-0.39, 0.29) is 5.97 Å². The maximum Gasteiger partial charge on any atom is 0.341 e. The first-order valence-corrected chi connectivity index (χ1v) is 9.07. The van der Waals surface area contributed by atoms with Gasteiger partial charge in [0.25, 0.3) is 0 Å². The van der Waals surface area contributed by atoms with E-state index in [2.05, 4.69) is 28.2 Å². The highest BCUT2D eigenvalue weighted by molar-refractivity contribution is 5.88. The third kappa shape index (κ3) is 2.94. The molecule has 1 aliphatic carbocycles. The van der Waals surface area contributed by atoms with E-state index in [0.29, 0.717) is 18.7 Å². The highest BCUT2D eigenvalue weighted by Crippen LogP contribution is 2.47. The van der Waals surface area contributed by atoms with Crippen LogP contribution in [0.2, 0.25) is 0 Å². The van der Waals surface area contributed by atoms with Gasteiger partial charge in [-0.3, -0.25) is 4.68 Å². The Morgan fingerprint density at radius 2 is 2.15 bits per heavy atom. The number of esters is 1. The van der Waals surface area contributed by atoms with E-state index in [4.69, 9.17) is 4.74 Å². The number of anilines is 1. The number of benzene rings is 1. The molecule has 1 aromatic heterocycles. The highest BCUT2D eigenvalue weighted by atomic mass is 16.5. The average molecular weight is 350 g/mol. The van der Waals surface area contributed by atoms with E-state index in [9.17, 15) is 10.1 Å². The molecule has 6 heteroatoms. The molecular formula is C20H22N4O2. The van der Waals surface area contributed by atoms with Gasteiger partial charge in [0.05, 0.1) is 36.2 Å². The highest BCUT2D eigenvalue weighted by Gasteiger charge is 2.45. The molecule has 6 nitrogen and oxygen atoms in total. The molecule has 134 valence electrons. The van der Waals surface area contributed by atoms with Gasteiger partial charge in [-0.05, 0) is 49.3 Å². The molecule has 1 aliphatic heterocycles. The number of ether oxygens (including phenoxy) is 1. The van der Waals surface area contributed by atoms with Crippen molar-refractivity contribution in [3.8, 4) is 6.07 Å². The van der Waals surface area contributed by atoms with Crippen molar-refractivity contribution < 1.29 is 9.53 Å². The van der Waals surface area contributed by atoms with Gasteiger partial charge in [0, 0.05) is 19.3 Å². The number of aromatic nitrogens is 2. The number of piperidine rings is 1. The molecule has 0 N–H and O–H groups in total. The normalized spacial score (nSPS) is 20.6. The van der Waals surface area contributed by atoms with Crippen molar-refractivity contribution in [3.05, 3.63) is 46.8 Å². The third-order valence-electron chi connectivity index (χ3n) is 5.46. The number of hydrogen-bond acceptors (Lipinski definition) is 5. The van der Waals surface area contributed by atoms with Crippen LogP contribution in [0.15, 0.2) is 24.5 Å². The van der Waals surface area contributed by atoms with Gasteiger partial charge in [-0.1, -0.05) is 6.07 Å². The molecule has 2 atom stereocenters. The zero-order valence-corrected chi connectivity index (χ0v) is 15.1. The van der Waals surface area contributed by atoms with Gasteiger partial charge in [-0.2, -0.15) is 10.4 Å². The summed E-state index contributed by atoms with van der Waals surface area (Å²) in [4.78, 5) is 14.1. The summed E-state index contributed by atoms with van der Waals surface area (Å²) in [6.45, 7) is 6.77. The Bertz CT molecular complexity index is 886. The fraction of sp³-hybridized carbons (Fsp3) is 0.450. The molecule has 1 aromatic carbocycles. The van der Waals surface area contributed by atoms with Crippen LogP contribution in [0.1, 0.15) is 40.4 Å². The number of carbonyl (C=O) groups excluding carboxylic acids is 1. The first-order valence-electron chi connectivity index (χ1n) is 9.07. The van der Waals surface area contributed by atoms with Gasteiger partial charge in [-0.15, -0.1) is 0 Å². The smallest absolute Gasteiger partial charge is 0.341 e. The summed E-state index contributed by atoms with van der Waals surface area (Å²) >= 11 is 0. The van der Waals surface area contributed by atoms with E-state index in [0.717, 1.165) is 47.3 Å². The molecule has 2 unspecified atom stereocenters. The number of rotatable bonds is 5. The molecule has 1 saturated heterocycles. The summed E-state index contributed by atoms with van der Waals surface area (Å²) in [6.07, 6.45) is 4.55. The van der Waals surface area contributed by atoms with E-state index in [1.54, 1.807) is 17.8 Å². The second-order valence-electron chi connectivity index (χ2n) is 7.16. The number of hydrogen-bond donors (Lipinski definition) is 0. The van der Waals surface area contributed by atoms with Crippen molar-refractivity contribution in [2.75, 3.05) is 24.6 Å². The lowest BCUT2D eigenvalue weighted by Crippen LogP contribution is -2.23. The van der Waals surface area contributed by atoms with Crippen LogP contribution in [-0.2, 0) is 11.3 Å². The summed E-state index contributed by atoms with van der Waals surface area (Å²) in [6, 6.07) is 6.52. The standard InChI is InChI=1S/C20H22N4O2/c1-3-26-20(25)17-8-22-24(12-17)11-14-4-5-19(18(7-21)13(14)2)23-9-15-6-16(15)10-23/h4-5,8,12,15-16H,3,6,9-11H2,1-2H3. The molecule has 4 rings (SSSR count). The Morgan fingerprint density at radius 1 is 1.38 bits per heavy atom. The zero-order chi connectivity index (χ0) is 18.3. The van der Waals surface area contributed by atoms with Crippen molar-refractivity contribution in [2.45, 2.75) is 26.8 Å². The lowest BCUT2D eigenvalue weighted by Gasteiger charge is -2.23. The van der Waals surface area contributed by atoms with Crippen molar-refractivity contribution in [1.82, 2.24) is 9.78 Å². The van der Waals surface area contributed by atoms with Gasteiger partial charge < -0.3 is 9.64 Å². The number of carbonyl (C=O) groups is 1. The van der Waals surface area contributed by atoms with Gasteiger partial charge >= 0.3 is 5.97 Å². The molecule has 26 heavy (non-hydrogen) atoms. The minimum absolute atomic E-state index is 0.342. The van der Waals surface area contributed by atoms with Crippen LogP contribution in [0, 0.1) is 30.1 Å². The van der Waals surface area contributed by atoms with E-state index >= 15 is 0 Å². The van der Waals surface area contributed by atoms with Crippen LogP contribution in [0.3, 0.4) is 0 Å². The van der Waals surface area contributed by atoms with Crippen LogP contribution in [0.25, 0.3) is 0 Å². The Hall–Kier alpha value is -2.81. The Labute approximate surface area is 153 Å². The van der Waals surface area contributed by atoms with Crippen molar-refractivity contribution >= 4 is 11.7 Å². The van der Waals surface area contributed by atoms with Crippen LogP contribution < -0.4 is 4.90 Å². The molecule has 0 radical (unpaired) electrons. The first-order chi connectivity index (χ1) is 12.6. The van der Waals surface area contributed by atoms with Gasteiger partial charge in [0.2, 0.25) is 0 Å². The van der Waals surface area contributed by atoms with Gasteiger partial charge in [0.15, 0.2) is 0 Å². The van der Waals surface area contributed by atoms with E-state index in [1.165, 1.54) is 12.6 Å². The lowest BCUT2D eigenvalue weighted by molar-refractivity contribution is 0.0526. The lowest BCUT2D eigenvalue weighted by atomic mass is 10.00. The topological polar surface area (TPSA) is 71.2 Å². The molecule has 1 saturated carbocycles. The Kier molecular flexibility index (Phi) is 4.15. The summed E-state index contributed by atoms with van der Waals surface area (Å²) in [7, 11) is 0. The number of nitriles is 1. The first kappa shape index (κ1) is 16.6. The minimum Gasteiger partial charge on any atom is -0.462 e. The second-order valence-corrected chi connectivity index (χ2v) is 7.16. The maximum absolute atomic E-state index is 11.8. The Balaban J connectivity index is 1.56. The molecule has 0 amide bonds. The minimum atomic E-state index is -0.365. The monoisotopic (exact) mass is 350 g/mol. The third-order valence-corrected chi connectivity index (χ3v) is 5.46. The fourth-order valence-electron chi connectivity index (χ4n) is 3.86. The maximum atomic E-state index is 11.8. The molecule has 2 aliphatic rings. The van der Waals surface area contributed by atoms with Crippen LogP contribution in [0.4, 0.5) is 5.69 Å². The van der Waals surface area contributed by atoms with E-state index < -0.39 is 0 Å². The van der Waals surface area contributed by atoms with Crippen LogP contribution in [-0.4, -0.2) is 35.4 Å². The predicted octanol–water partition coefficient (Wildman–Crippen LogP) is 2.74. The average Bonchev–Trinajstić information content (AvgIpc) is 3.04. The summed E-state index contributed by atoms with van der Waals surface area (Å²) in [5.41, 5.74) is 4.26. The molecule has 0 spiro atoms. The fourth-order valence-corrected chi connectivity index (χ4v) is 3.86. The Morgan fingerprint density at radius 3 is 2.85 bits per heavy atom. The zero-order valence-electron chi connectivity index (χ0n) is 15.1. The predicted molar refractivity (Wildman–Crippen MR) is 97.0 cm³/mol. The molecule has 0 bridgehead atoms. The van der Waals surface area contributed by atoms with Crippen molar-refractivity contribution in [1.29, 1.82) is 5.26 Å². The van der Waals surface area contributed by atoms with Crippen LogP contribution >= 0.6 is 0 Å². The largest absolute Gasteiger partial charge is 0.462 e. The SMILES string of the molecule is CCOC(=O)c1cnn(Cc2ccc(N3CC4CC4C3)c(C#N)c2C)c1. The van der Waals surface area contributed by atoms with Crippen LogP contribution in [0.5, 0.6) is 0 Å². The molecule has 2 fully saturated rings. The van der Waals surface area contributed by atoms with Gasteiger partial charge in [0.1, 0.15) is 6.07 Å². The summed E-state index contributed by atoms with van der Waals surface area (Å²) in [5, 5.41) is 14.0. The van der Waals surface area contributed by atoms with E-state index in [1.807, 2.05) is 6.92 Å². The van der Waals surface area contributed by atoms with Crippen molar-refractivity contribution in [2.24, 2.45) is 11.8 Å². The summed E-state index contributed by atoms with van der Waals surface area (Å²) in [5.74, 6) is 1.29. The molecule has 2 aromatic rings. The molecular weight excluding hydrogens is 328 g/mol.